The van der Waals surface area contributed by atoms with Gasteiger partial charge in [0.15, 0.2) is 5.84 Å². The number of amidine groups is 1. The maximum atomic E-state index is 12.8. The van der Waals surface area contributed by atoms with Gasteiger partial charge in [-0.15, -0.1) is 4.40 Å². The van der Waals surface area contributed by atoms with Crippen molar-refractivity contribution in [2.75, 3.05) is 16.8 Å². The van der Waals surface area contributed by atoms with Crippen LogP contribution in [0.3, 0.4) is 0 Å². The van der Waals surface area contributed by atoms with E-state index in [-0.39, 0.29) is 41.0 Å². The molecule has 2 heterocycles. The first-order valence-electron chi connectivity index (χ1n) is 10.8. The standard InChI is InChI=1S/C24H18N4O7S/c29-22-11-15(14-27(22)17-6-4-7-18(13-17)28(31)32)24(30)35-19-8-3-5-16(12-19)25-23-20-9-1-2-10-21(20)36(33,34)26-23/h1-10,12-13,15H,11,14H2,(H,25,26)/t15-/m1/s1. The minimum atomic E-state index is -3.79. The van der Waals surface area contributed by atoms with Crippen LogP contribution >= 0.6 is 0 Å². The van der Waals surface area contributed by atoms with Crippen molar-refractivity contribution in [3.05, 3.63) is 88.5 Å². The third-order valence-electron chi connectivity index (χ3n) is 5.76. The van der Waals surface area contributed by atoms with Gasteiger partial charge in [-0.25, -0.2) is 0 Å². The number of rotatable bonds is 5. The second kappa shape index (κ2) is 8.89. The van der Waals surface area contributed by atoms with E-state index in [9.17, 15) is 28.1 Å². The van der Waals surface area contributed by atoms with Gasteiger partial charge >= 0.3 is 5.97 Å². The van der Waals surface area contributed by atoms with Crippen LogP contribution in [0.15, 0.2) is 82.1 Å². The van der Waals surface area contributed by atoms with E-state index in [1.54, 1.807) is 42.5 Å². The van der Waals surface area contributed by atoms with Crippen molar-refractivity contribution in [2.45, 2.75) is 11.3 Å². The van der Waals surface area contributed by atoms with Crippen LogP contribution in [-0.2, 0) is 19.6 Å². The molecule has 0 aromatic heterocycles. The molecule has 0 radical (unpaired) electrons. The molecule has 3 aromatic rings. The van der Waals surface area contributed by atoms with Gasteiger partial charge in [0, 0.05) is 42.4 Å². The molecule has 2 aliphatic rings. The van der Waals surface area contributed by atoms with E-state index in [4.69, 9.17) is 4.74 Å². The number of sulfonamides is 1. The van der Waals surface area contributed by atoms with Gasteiger partial charge < -0.3 is 15.0 Å². The monoisotopic (exact) mass is 506 g/mol. The summed E-state index contributed by atoms with van der Waals surface area (Å²) in [5, 5.41) is 14.0. The summed E-state index contributed by atoms with van der Waals surface area (Å²) in [5.74, 6) is -1.37. The zero-order valence-corrected chi connectivity index (χ0v) is 19.3. The molecule has 11 nitrogen and oxygen atoms in total. The molecule has 0 unspecified atom stereocenters. The first kappa shape index (κ1) is 23.2. The average Bonchev–Trinajstić information content (AvgIpc) is 3.36. The van der Waals surface area contributed by atoms with Gasteiger partial charge in [-0.1, -0.05) is 24.3 Å². The largest absolute Gasteiger partial charge is 0.426 e. The Morgan fingerprint density at radius 2 is 1.86 bits per heavy atom. The Labute approximate surface area is 205 Å². The molecule has 1 N–H and O–H groups in total. The van der Waals surface area contributed by atoms with Gasteiger partial charge in [0.1, 0.15) is 10.6 Å². The van der Waals surface area contributed by atoms with Crippen molar-refractivity contribution in [1.29, 1.82) is 0 Å². The summed E-state index contributed by atoms with van der Waals surface area (Å²) in [5.41, 5.74) is 1.07. The normalized spacial score (nSPS) is 17.9. The summed E-state index contributed by atoms with van der Waals surface area (Å²) >= 11 is 0. The molecule has 36 heavy (non-hydrogen) atoms. The number of nitro benzene ring substituents is 1. The van der Waals surface area contributed by atoms with Gasteiger partial charge in [-0.2, -0.15) is 8.42 Å². The summed E-state index contributed by atoms with van der Waals surface area (Å²) in [4.78, 5) is 37.2. The molecule has 182 valence electrons. The fraction of sp³-hybridized carbons (Fsp3) is 0.125. The van der Waals surface area contributed by atoms with Crippen LogP contribution in [-0.4, -0.2) is 37.6 Å². The Morgan fingerprint density at radius 3 is 2.67 bits per heavy atom. The van der Waals surface area contributed by atoms with E-state index in [2.05, 4.69) is 9.71 Å². The van der Waals surface area contributed by atoms with Gasteiger partial charge in [0.25, 0.3) is 15.7 Å². The molecular weight excluding hydrogens is 488 g/mol. The maximum Gasteiger partial charge on any atom is 0.316 e. The molecule has 12 heteroatoms. The number of benzene rings is 3. The number of anilines is 2. The molecule has 3 aromatic carbocycles. The molecule has 5 rings (SSSR count). The van der Waals surface area contributed by atoms with E-state index in [0.717, 1.165) is 0 Å². The third kappa shape index (κ3) is 4.41. The van der Waals surface area contributed by atoms with Crippen molar-refractivity contribution >= 4 is 44.8 Å². The molecule has 0 saturated carbocycles. The highest BCUT2D eigenvalue weighted by molar-refractivity contribution is 7.90. The number of hydrogen-bond donors (Lipinski definition) is 1. The number of fused-ring (bicyclic) bond motifs is 1. The fourth-order valence-electron chi connectivity index (χ4n) is 4.06. The number of nitrogens with one attached hydrogen (secondary N) is 1. The van der Waals surface area contributed by atoms with Crippen LogP contribution in [0, 0.1) is 16.0 Å². The first-order valence-corrected chi connectivity index (χ1v) is 12.2. The van der Waals surface area contributed by atoms with Crippen LogP contribution in [0.1, 0.15) is 12.0 Å². The number of esters is 1. The Bertz CT molecular complexity index is 1550. The lowest BCUT2D eigenvalue weighted by molar-refractivity contribution is -0.384. The summed E-state index contributed by atoms with van der Waals surface area (Å²) in [7, 11) is -3.79. The summed E-state index contributed by atoms with van der Waals surface area (Å²) in [6.45, 7) is 0.0300. The molecule has 0 aliphatic carbocycles. The van der Waals surface area contributed by atoms with E-state index >= 15 is 0 Å². The second-order valence-electron chi connectivity index (χ2n) is 8.17. The van der Waals surface area contributed by atoms with E-state index in [0.29, 0.717) is 16.9 Å². The summed E-state index contributed by atoms with van der Waals surface area (Å²) < 4.78 is 33.8. The average molecular weight is 506 g/mol. The van der Waals surface area contributed by atoms with E-state index < -0.39 is 26.8 Å². The summed E-state index contributed by atoms with van der Waals surface area (Å²) in [6, 6.07) is 18.4. The Balaban J connectivity index is 1.28. The van der Waals surface area contributed by atoms with Crippen LogP contribution in [0.2, 0.25) is 0 Å². The number of carbonyl (C=O) groups is 2. The highest BCUT2D eigenvalue weighted by Gasteiger charge is 2.37. The van der Waals surface area contributed by atoms with Crippen molar-refractivity contribution in [3.8, 4) is 5.75 Å². The maximum absolute atomic E-state index is 12.8. The molecule has 1 fully saturated rings. The van der Waals surface area contributed by atoms with Crippen molar-refractivity contribution < 1.29 is 27.7 Å². The zero-order chi connectivity index (χ0) is 25.4. The lowest BCUT2D eigenvalue weighted by atomic mass is 10.1. The minimum Gasteiger partial charge on any atom is -0.426 e. The number of amides is 1. The molecule has 0 spiro atoms. The Kier molecular flexibility index (Phi) is 5.72. The highest BCUT2D eigenvalue weighted by Crippen LogP contribution is 2.30. The number of nitro groups is 1. The molecule has 0 bridgehead atoms. The number of carbonyl (C=O) groups excluding carboxylic acids is 2. The second-order valence-corrected chi connectivity index (χ2v) is 9.74. The lowest BCUT2D eigenvalue weighted by Crippen LogP contribution is -2.27. The van der Waals surface area contributed by atoms with Gasteiger partial charge in [0.05, 0.1) is 16.5 Å². The zero-order valence-electron chi connectivity index (χ0n) is 18.5. The van der Waals surface area contributed by atoms with Gasteiger partial charge in [-0.3, -0.25) is 19.7 Å². The SMILES string of the molecule is O=C(Oc1cccc(NC2=NS(=O)(=O)c3ccccc32)c1)[C@@H]1CC(=O)N(c2cccc([N+](=O)[O-])c2)C1. The van der Waals surface area contributed by atoms with E-state index in [1.807, 2.05) is 0 Å². The molecule has 2 aliphatic heterocycles. The predicted molar refractivity (Wildman–Crippen MR) is 129 cm³/mol. The highest BCUT2D eigenvalue weighted by atomic mass is 32.2. The van der Waals surface area contributed by atoms with Gasteiger partial charge in [0.2, 0.25) is 5.91 Å². The molecule has 1 amide bonds. The van der Waals surface area contributed by atoms with Crippen LogP contribution in [0.4, 0.5) is 17.1 Å². The Morgan fingerprint density at radius 1 is 1.08 bits per heavy atom. The third-order valence-corrected chi connectivity index (χ3v) is 7.09. The summed E-state index contributed by atoms with van der Waals surface area (Å²) in [6.07, 6.45) is -0.0923. The van der Waals surface area contributed by atoms with Crippen LogP contribution < -0.4 is 15.0 Å². The van der Waals surface area contributed by atoms with Gasteiger partial charge in [-0.05, 0) is 30.3 Å². The fourth-order valence-corrected chi connectivity index (χ4v) is 5.23. The number of nitrogens with zero attached hydrogens (tertiary/aromatic N) is 3. The smallest absolute Gasteiger partial charge is 0.316 e. The minimum absolute atomic E-state index is 0.0300. The van der Waals surface area contributed by atoms with E-state index in [1.165, 1.54) is 35.2 Å². The number of ether oxygens (including phenoxy) is 1. The van der Waals surface area contributed by atoms with Crippen molar-refractivity contribution in [3.63, 3.8) is 0 Å². The van der Waals surface area contributed by atoms with Crippen LogP contribution in [0.5, 0.6) is 5.75 Å². The van der Waals surface area contributed by atoms with Crippen LogP contribution in [0.25, 0.3) is 0 Å². The quantitative estimate of drug-likeness (QED) is 0.240. The molecule has 1 saturated heterocycles. The number of non-ortho nitro benzene ring substituents is 1. The van der Waals surface area contributed by atoms with Crippen molar-refractivity contribution in [1.82, 2.24) is 0 Å². The number of hydrogen-bond acceptors (Lipinski definition) is 8. The molecule has 1 atom stereocenters. The topological polar surface area (TPSA) is 148 Å². The predicted octanol–water partition coefficient (Wildman–Crippen LogP) is 3.11. The first-order chi connectivity index (χ1) is 17.2. The molecular formula is C24H18N4O7S. The lowest BCUT2D eigenvalue weighted by Gasteiger charge is -2.16. The van der Waals surface area contributed by atoms with Crippen molar-refractivity contribution in [2.24, 2.45) is 10.3 Å². The Hall–Kier alpha value is -4.58.